The standard InChI is InChI=1S/C21H20N6O/c1-3-4-10-21(25-26-21)11-12-22-20(28)16-13-18-15(2)24-27(19(18)23-14-16)17-8-6-5-7-9-17/h1,5-9,13-14H,4,10-12H2,2H3,(H,22,28). The molecule has 7 heteroatoms. The molecule has 3 heterocycles. The van der Waals surface area contributed by atoms with Crippen LogP contribution in [0, 0.1) is 19.3 Å². The lowest BCUT2D eigenvalue weighted by Gasteiger charge is -2.10. The van der Waals surface area contributed by atoms with Crippen molar-refractivity contribution in [3.05, 3.63) is 53.9 Å². The number of terminal acetylenes is 1. The molecule has 4 rings (SSSR count). The van der Waals surface area contributed by atoms with Gasteiger partial charge in [-0.15, -0.1) is 12.3 Å². The molecule has 1 amide bonds. The van der Waals surface area contributed by atoms with Gasteiger partial charge in [0, 0.05) is 37.4 Å². The maximum atomic E-state index is 12.5. The van der Waals surface area contributed by atoms with Gasteiger partial charge in [-0.25, -0.2) is 9.67 Å². The van der Waals surface area contributed by atoms with Crippen LogP contribution in [0.2, 0.25) is 0 Å². The summed E-state index contributed by atoms with van der Waals surface area (Å²) in [6.07, 6.45) is 8.89. The Morgan fingerprint density at radius 1 is 1.25 bits per heavy atom. The summed E-state index contributed by atoms with van der Waals surface area (Å²) in [6, 6.07) is 11.6. The average Bonchev–Trinajstić information content (AvgIpc) is 3.42. The lowest BCUT2D eigenvalue weighted by molar-refractivity contribution is 0.0951. The third-order valence-electron chi connectivity index (χ3n) is 4.83. The molecule has 1 aliphatic heterocycles. The average molecular weight is 372 g/mol. The first kappa shape index (κ1) is 17.9. The molecule has 28 heavy (non-hydrogen) atoms. The summed E-state index contributed by atoms with van der Waals surface area (Å²) in [7, 11) is 0. The molecule has 1 aromatic carbocycles. The zero-order valence-corrected chi connectivity index (χ0v) is 15.6. The van der Waals surface area contributed by atoms with E-state index in [1.807, 2.05) is 43.3 Å². The highest BCUT2D eigenvalue weighted by Gasteiger charge is 2.38. The fourth-order valence-corrected chi connectivity index (χ4v) is 3.16. The van der Waals surface area contributed by atoms with Crippen LogP contribution in [0.15, 0.2) is 52.8 Å². The second kappa shape index (κ2) is 7.24. The number of pyridine rings is 1. The number of para-hydroxylation sites is 1. The molecule has 1 aliphatic rings. The number of nitrogens with zero attached hydrogens (tertiary/aromatic N) is 5. The first-order valence-corrected chi connectivity index (χ1v) is 9.18. The second-order valence-electron chi connectivity index (χ2n) is 6.82. The van der Waals surface area contributed by atoms with Crippen LogP contribution in [0.3, 0.4) is 0 Å². The van der Waals surface area contributed by atoms with Crippen LogP contribution in [-0.4, -0.2) is 32.9 Å². The monoisotopic (exact) mass is 372 g/mol. The van der Waals surface area contributed by atoms with E-state index >= 15 is 0 Å². The molecule has 0 saturated carbocycles. The maximum Gasteiger partial charge on any atom is 0.252 e. The molecule has 0 spiro atoms. The smallest absolute Gasteiger partial charge is 0.252 e. The van der Waals surface area contributed by atoms with Gasteiger partial charge in [0.15, 0.2) is 11.3 Å². The van der Waals surface area contributed by atoms with Crippen molar-refractivity contribution in [1.29, 1.82) is 0 Å². The SMILES string of the molecule is C#CCCC1(CCNC(=O)c2cnc3c(c2)c(C)nn3-c2ccccc2)N=N1. The van der Waals surface area contributed by atoms with E-state index in [4.69, 9.17) is 6.42 Å². The maximum absolute atomic E-state index is 12.5. The predicted octanol–water partition coefficient (Wildman–Crippen LogP) is 3.42. The van der Waals surface area contributed by atoms with Crippen molar-refractivity contribution < 1.29 is 4.79 Å². The number of carbonyl (C=O) groups is 1. The Morgan fingerprint density at radius 3 is 2.75 bits per heavy atom. The minimum Gasteiger partial charge on any atom is -0.352 e. The fourth-order valence-electron chi connectivity index (χ4n) is 3.16. The van der Waals surface area contributed by atoms with Crippen molar-refractivity contribution in [2.45, 2.75) is 31.8 Å². The van der Waals surface area contributed by atoms with Gasteiger partial charge in [-0.2, -0.15) is 15.3 Å². The van der Waals surface area contributed by atoms with Crippen LogP contribution in [-0.2, 0) is 0 Å². The summed E-state index contributed by atoms with van der Waals surface area (Å²) in [5.41, 5.74) is 2.59. The van der Waals surface area contributed by atoms with Gasteiger partial charge in [0.2, 0.25) is 0 Å². The second-order valence-corrected chi connectivity index (χ2v) is 6.82. The molecule has 2 aromatic heterocycles. The Balaban J connectivity index is 1.47. The largest absolute Gasteiger partial charge is 0.352 e. The van der Waals surface area contributed by atoms with Crippen molar-refractivity contribution in [2.75, 3.05) is 6.54 Å². The van der Waals surface area contributed by atoms with Crippen LogP contribution < -0.4 is 5.32 Å². The lowest BCUT2D eigenvalue weighted by atomic mass is 10.0. The van der Waals surface area contributed by atoms with E-state index in [1.165, 1.54) is 0 Å². The molecule has 7 nitrogen and oxygen atoms in total. The summed E-state index contributed by atoms with van der Waals surface area (Å²) in [4.78, 5) is 17.0. The summed E-state index contributed by atoms with van der Waals surface area (Å²) < 4.78 is 1.79. The predicted molar refractivity (Wildman–Crippen MR) is 106 cm³/mol. The Labute approximate surface area is 162 Å². The minimum atomic E-state index is -0.394. The molecule has 3 aromatic rings. The van der Waals surface area contributed by atoms with Gasteiger partial charge in [-0.1, -0.05) is 18.2 Å². The first-order valence-electron chi connectivity index (χ1n) is 9.18. The van der Waals surface area contributed by atoms with E-state index < -0.39 is 5.66 Å². The van der Waals surface area contributed by atoms with Gasteiger partial charge < -0.3 is 5.32 Å². The number of aryl methyl sites for hydroxylation is 1. The van der Waals surface area contributed by atoms with E-state index in [0.29, 0.717) is 24.9 Å². The van der Waals surface area contributed by atoms with E-state index in [0.717, 1.165) is 28.8 Å². The number of carbonyl (C=O) groups excluding carboxylic acids is 1. The van der Waals surface area contributed by atoms with Crippen molar-refractivity contribution in [3.63, 3.8) is 0 Å². The molecular weight excluding hydrogens is 352 g/mol. The van der Waals surface area contributed by atoms with Gasteiger partial charge in [0.05, 0.1) is 16.9 Å². The highest BCUT2D eigenvalue weighted by Crippen LogP contribution is 2.36. The lowest BCUT2D eigenvalue weighted by Crippen LogP contribution is -2.28. The van der Waals surface area contributed by atoms with Crippen LogP contribution in [0.4, 0.5) is 0 Å². The molecule has 0 saturated heterocycles. The Morgan fingerprint density at radius 2 is 2.04 bits per heavy atom. The topological polar surface area (TPSA) is 84.5 Å². The highest BCUT2D eigenvalue weighted by molar-refractivity contribution is 5.97. The highest BCUT2D eigenvalue weighted by atomic mass is 16.1. The quantitative estimate of drug-likeness (QED) is 0.645. The Bertz CT molecular complexity index is 1090. The van der Waals surface area contributed by atoms with Gasteiger partial charge >= 0.3 is 0 Å². The van der Waals surface area contributed by atoms with Crippen LogP contribution in [0.25, 0.3) is 16.7 Å². The van der Waals surface area contributed by atoms with Gasteiger partial charge in [-0.3, -0.25) is 4.79 Å². The minimum absolute atomic E-state index is 0.172. The summed E-state index contributed by atoms with van der Waals surface area (Å²) in [6.45, 7) is 2.40. The van der Waals surface area contributed by atoms with E-state index in [9.17, 15) is 4.79 Å². The molecule has 0 radical (unpaired) electrons. The number of benzene rings is 1. The fraction of sp³-hybridized carbons (Fsp3) is 0.286. The summed E-state index contributed by atoms with van der Waals surface area (Å²) >= 11 is 0. The normalized spacial score (nSPS) is 14.0. The Hall–Kier alpha value is -3.53. The molecule has 140 valence electrons. The molecular formula is C21H20N6O. The van der Waals surface area contributed by atoms with Gasteiger partial charge in [0.1, 0.15) is 0 Å². The third-order valence-corrected chi connectivity index (χ3v) is 4.83. The summed E-state index contributed by atoms with van der Waals surface area (Å²) in [5, 5.41) is 16.5. The molecule has 0 aliphatic carbocycles. The van der Waals surface area contributed by atoms with Crippen LogP contribution in [0.1, 0.15) is 35.3 Å². The molecule has 0 bridgehead atoms. The van der Waals surface area contributed by atoms with Crippen molar-refractivity contribution in [1.82, 2.24) is 20.1 Å². The molecule has 0 unspecified atom stereocenters. The van der Waals surface area contributed by atoms with Crippen molar-refractivity contribution in [3.8, 4) is 18.0 Å². The molecule has 1 N–H and O–H groups in total. The van der Waals surface area contributed by atoms with Crippen molar-refractivity contribution in [2.24, 2.45) is 10.2 Å². The zero-order chi connectivity index (χ0) is 19.6. The van der Waals surface area contributed by atoms with Gasteiger partial charge in [0.25, 0.3) is 5.91 Å². The molecule has 0 fully saturated rings. The number of fused-ring (bicyclic) bond motifs is 1. The van der Waals surface area contributed by atoms with E-state index in [-0.39, 0.29) is 5.91 Å². The zero-order valence-electron chi connectivity index (χ0n) is 15.6. The first-order chi connectivity index (χ1) is 13.6. The number of aromatic nitrogens is 3. The van der Waals surface area contributed by atoms with Crippen molar-refractivity contribution >= 4 is 16.9 Å². The Kier molecular flexibility index (Phi) is 4.62. The number of nitrogens with one attached hydrogen (secondary N) is 1. The number of amides is 1. The third kappa shape index (κ3) is 3.49. The van der Waals surface area contributed by atoms with E-state index in [2.05, 4.69) is 31.5 Å². The van der Waals surface area contributed by atoms with Crippen LogP contribution in [0.5, 0.6) is 0 Å². The van der Waals surface area contributed by atoms with Crippen LogP contribution >= 0.6 is 0 Å². The van der Waals surface area contributed by atoms with Gasteiger partial charge in [-0.05, 0) is 25.1 Å². The molecule has 0 atom stereocenters. The number of rotatable bonds is 7. The number of hydrogen-bond acceptors (Lipinski definition) is 5. The number of hydrogen-bond donors (Lipinski definition) is 1. The van der Waals surface area contributed by atoms with E-state index in [1.54, 1.807) is 10.9 Å². The summed E-state index contributed by atoms with van der Waals surface area (Å²) in [5.74, 6) is 2.43.